The highest BCUT2D eigenvalue weighted by atomic mass is 35.5. The van der Waals surface area contributed by atoms with Gasteiger partial charge in [-0.2, -0.15) is 13.2 Å². The minimum absolute atomic E-state index is 0.00232. The van der Waals surface area contributed by atoms with Crippen LogP contribution in [0.25, 0.3) is 0 Å². The number of alkyl halides is 4. The molecule has 1 amide bonds. The third kappa shape index (κ3) is 3.01. The van der Waals surface area contributed by atoms with Crippen molar-refractivity contribution in [1.82, 2.24) is 5.32 Å². The summed E-state index contributed by atoms with van der Waals surface area (Å²) >= 11 is 6.69. The molecular weight excluding hydrogens is 367 g/mol. The lowest BCUT2D eigenvalue weighted by molar-refractivity contribution is -0.187. The molecule has 6 atom stereocenters. The molecule has 3 nitrogen and oxygen atoms in total. The van der Waals surface area contributed by atoms with Crippen molar-refractivity contribution in [1.29, 1.82) is 0 Å². The van der Waals surface area contributed by atoms with Gasteiger partial charge in [-0.25, -0.2) is 0 Å². The molecule has 0 unspecified atom stereocenters. The van der Waals surface area contributed by atoms with Crippen LogP contribution in [0, 0.1) is 17.8 Å². The molecule has 1 aromatic carbocycles. The van der Waals surface area contributed by atoms with Crippen molar-refractivity contribution >= 4 is 17.5 Å². The molecule has 0 aromatic heterocycles. The van der Waals surface area contributed by atoms with Gasteiger partial charge in [-0.05, 0) is 49.5 Å². The fourth-order valence-corrected chi connectivity index (χ4v) is 6.55. The predicted molar refractivity (Wildman–Crippen MR) is 90.5 cm³/mol. The molecule has 0 spiro atoms. The lowest BCUT2D eigenvalue weighted by atomic mass is 9.47. The number of carbonyl (C=O) groups is 1. The van der Waals surface area contributed by atoms with Gasteiger partial charge in [0, 0.05) is 10.8 Å². The van der Waals surface area contributed by atoms with E-state index < -0.39 is 34.5 Å². The van der Waals surface area contributed by atoms with Crippen LogP contribution in [0.4, 0.5) is 13.2 Å². The van der Waals surface area contributed by atoms with Gasteiger partial charge in [0.25, 0.3) is 0 Å². The van der Waals surface area contributed by atoms with E-state index in [1.807, 2.05) is 0 Å². The average molecular weight is 388 g/mol. The Hall–Kier alpha value is -1.27. The standard InChI is InChI=1S/C19H21ClF3NO2/c20-17-7-11-6-13(9-17)14(18(26,8-11)10-17)15(12-4-2-1-3-5-12)24-16(25)19(21,22)23/h1-5,11,13-15,26H,6-10H2,(H,24,25)/t11-,13+,14-,15+,17+,18+/m1/s1. The molecule has 1 aromatic rings. The third-order valence-corrected chi connectivity index (χ3v) is 6.82. The van der Waals surface area contributed by atoms with Crippen molar-refractivity contribution in [3.05, 3.63) is 35.9 Å². The first-order chi connectivity index (χ1) is 12.1. The van der Waals surface area contributed by atoms with Crippen LogP contribution in [0.5, 0.6) is 0 Å². The van der Waals surface area contributed by atoms with Gasteiger partial charge in [0.1, 0.15) is 0 Å². The van der Waals surface area contributed by atoms with Gasteiger partial charge in [0.05, 0.1) is 11.6 Å². The number of carbonyl (C=O) groups excluding carboxylic acids is 1. The zero-order valence-electron chi connectivity index (χ0n) is 14.1. The van der Waals surface area contributed by atoms with Crippen molar-refractivity contribution in [3.63, 3.8) is 0 Å². The van der Waals surface area contributed by atoms with Crippen molar-refractivity contribution in [2.45, 2.75) is 54.8 Å². The summed E-state index contributed by atoms with van der Waals surface area (Å²) in [4.78, 5) is 11.2. The Bertz CT molecular complexity index is 712. The Balaban J connectivity index is 1.71. The van der Waals surface area contributed by atoms with E-state index in [1.165, 1.54) is 0 Å². The smallest absolute Gasteiger partial charge is 0.389 e. The van der Waals surface area contributed by atoms with Gasteiger partial charge < -0.3 is 10.4 Å². The van der Waals surface area contributed by atoms with Crippen molar-refractivity contribution < 1.29 is 23.1 Å². The van der Waals surface area contributed by atoms with E-state index in [0.29, 0.717) is 30.7 Å². The SMILES string of the molecule is O=C(N[C@@H](c1ccccc1)[C@H]1[C@H]2C[C@@H]3C[C@](Cl)(C2)C[C@@]1(O)C3)C(F)(F)F. The summed E-state index contributed by atoms with van der Waals surface area (Å²) < 4.78 is 38.7. The molecule has 5 rings (SSSR count). The maximum Gasteiger partial charge on any atom is 0.471 e. The summed E-state index contributed by atoms with van der Waals surface area (Å²) in [5.74, 6) is -2.14. The zero-order chi connectivity index (χ0) is 18.7. The highest BCUT2D eigenvalue weighted by Crippen LogP contribution is 2.64. The Morgan fingerprint density at radius 2 is 1.92 bits per heavy atom. The minimum Gasteiger partial charge on any atom is -0.389 e. The Morgan fingerprint density at radius 3 is 2.50 bits per heavy atom. The van der Waals surface area contributed by atoms with Crippen LogP contribution in [0.1, 0.15) is 43.7 Å². The number of halogens is 4. The maximum absolute atomic E-state index is 12.9. The number of amides is 1. The largest absolute Gasteiger partial charge is 0.471 e. The number of rotatable bonds is 3. The van der Waals surface area contributed by atoms with Crippen molar-refractivity contribution in [3.8, 4) is 0 Å². The van der Waals surface area contributed by atoms with Crippen LogP contribution >= 0.6 is 11.6 Å². The molecule has 0 aliphatic heterocycles. The van der Waals surface area contributed by atoms with E-state index >= 15 is 0 Å². The highest BCUT2D eigenvalue weighted by molar-refractivity contribution is 6.24. The quantitative estimate of drug-likeness (QED) is 0.771. The number of hydrogen-bond donors (Lipinski definition) is 2. The van der Waals surface area contributed by atoms with Gasteiger partial charge in [0.2, 0.25) is 0 Å². The van der Waals surface area contributed by atoms with Gasteiger partial charge in [-0.3, -0.25) is 4.79 Å². The molecule has 4 bridgehead atoms. The topological polar surface area (TPSA) is 49.3 Å². The van der Waals surface area contributed by atoms with Gasteiger partial charge in [-0.15, -0.1) is 11.6 Å². The summed E-state index contributed by atoms with van der Waals surface area (Å²) in [5, 5.41) is 13.5. The fraction of sp³-hybridized carbons (Fsp3) is 0.632. The van der Waals surface area contributed by atoms with Gasteiger partial charge in [-0.1, -0.05) is 30.3 Å². The molecule has 0 radical (unpaired) electrons. The van der Waals surface area contributed by atoms with E-state index in [9.17, 15) is 23.1 Å². The van der Waals surface area contributed by atoms with Crippen LogP contribution < -0.4 is 5.32 Å². The van der Waals surface area contributed by atoms with E-state index in [2.05, 4.69) is 5.32 Å². The molecule has 142 valence electrons. The number of aliphatic hydroxyl groups is 1. The molecule has 4 saturated carbocycles. The molecule has 4 aliphatic rings. The van der Waals surface area contributed by atoms with E-state index in [1.54, 1.807) is 30.3 Å². The molecule has 4 fully saturated rings. The van der Waals surface area contributed by atoms with Crippen LogP contribution in [0.3, 0.4) is 0 Å². The summed E-state index contributed by atoms with van der Waals surface area (Å²) in [6.07, 6.45) is -1.70. The lowest BCUT2D eigenvalue weighted by Crippen LogP contribution is -2.65. The van der Waals surface area contributed by atoms with Crippen LogP contribution in [0.15, 0.2) is 30.3 Å². The zero-order valence-corrected chi connectivity index (χ0v) is 14.9. The van der Waals surface area contributed by atoms with Gasteiger partial charge >= 0.3 is 12.1 Å². The van der Waals surface area contributed by atoms with E-state index in [4.69, 9.17) is 11.6 Å². The fourth-order valence-electron chi connectivity index (χ4n) is 5.90. The van der Waals surface area contributed by atoms with E-state index in [-0.39, 0.29) is 5.92 Å². The first-order valence-corrected chi connectivity index (χ1v) is 9.31. The predicted octanol–water partition coefficient (Wildman–Crippen LogP) is 3.95. The first-order valence-electron chi connectivity index (χ1n) is 8.94. The van der Waals surface area contributed by atoms with Crippen molar-refractivity contribution in [2.75, 3.05) is 0 Å². The minimum atomic E-state index is -4.96. The second-order valence-electron chi connectivity index (χ2n) is 8.29. The molecule has 2 N–H and O–H groups in total. The maximum atomic E-state index is 12.9. The second kappa shape index (κ2) is 5.86. The van der Waals surface area contributed by atoms with Crippen LogP contribution in [-0.2, 0) is 4.79 Å². The summed E-state index contributed by atoms with van der Waals surface area (Å²) in [6, 6.07) is 7.74. The Morgan fingerprint density at radius 1 is 1.23 bits per heavy atom. The molecule has 7 heteroatoms. The molecule has 0 saturated heterocycles. The summed E-state index contributed by atoms with van der Waals surface area (Å²) in [6.45, 7) is 0. The normalized spacial score (nSPS) is 39.7. The first kappa shape index (κ1) is 18.1. The van der Waals surface area contributed by atoms with Crippen LogP contribution in [0.2, 0.25) is 0 Å². The molecular formula is C19H21ClF3NO2. The molecule has 26 heavy (non-hydrogen) atoms. The second-order valence-corrected chi connectivity index (χ2v) is 9.09. The molecule has 4 aliphatic carbocycles. The summed E-state index contributed by atoms with van der Waals surface area (Å²) in [5.41, 5.74) is -0.565. The Labute approximate surface area is 154 Å². The van der Waals surface area contributed by atoms with Crippen molar-refractivity contribution in [2.24, 2.45) is 17.8 Å². The number of benzene rings is 1. The van der Waals surface area contributed by atoms with Gasteiger partial charge in [0.15, 0.2) is 0 Å². The number of hydrogen-bond acceptors (Lipinski definition) is 2. The lowest BCUT2D eigenvalue weighted by Gasteiger charge is -2.63. The summed E-state index contributed by atoms with van der Waals surface area (Å²) in [7, 11) is 0. The average Bonchev–Trinajstić information content (AvgIpc) is 2.50. The third-order valence-electron chi connectivity index (χ3n) is 6.37. The van der Waals surface area contributed by atoms with E-state index in [0.717, 1.165) is 12.8 Å². The Kier molecular flexibility index (Phi) is 4.08. The monoisotopic (exact) mass is 387 g/mol. The highest BCUT2D eigenvalue weighted by Gasteiger charge is 2.63. The van der Waals surface area contributed by atoms with Crippen LogP contribution in [-0.4, -0.2) is 27.7 Å². The number of nitrogens with one attached hydrogen (secondary N) is 1. The molecule has 0 heterocycles.